The van der Waals surface area contributed by atoms with Crippen LogP contribution in [0.15, 0.2) is 42.5 Å². The molecule has 5 rings (SSSR count). The summed E-state index contributed by atoms with van der Waals surface area (Å²) in [5, 5.41) is 9.67. The highest BCUT2D eigenvalue weighted by Crippen LogP contribution is 2.41. The quantitative estimate of drug-likeness (QED) is 0.794. The van der Waals surface area contributed by atoms with E-state index in [9.17, 15) is 14.3 Å². The predicted octanol–water partition coefficient (Wildman–Crippen LogP) is 3.86. The number of halogens is 1. The van der Waals surface area contributed by atoms with Crippen molar-refractivity contribution in [1.29, 1.82) is 0 Å². The SMILES string of the molecule is O=C1c2ccc(O)cc2CCN1c1ccc(N2CC[C@]3(CCN(CCCF)C3)C2)cc1. The molecule has 5 nitrogen and oxygen atoms in total. The highest BCUT2D eigenvalue weighted by molar-refractivity contribution is 6.08. The molecule has 0 aliphatic carbocycles. The topological polar surface area (TPSA) is 47.0 Å². The standard InChI is InChI=1S/C25H30FN3O2/c26-11-1-12-27-14-9-25(17-27)10-15-28(18-25)20-2-4-21(5-3-20)29-13-8-19-16-22(30)6-7-23(19)24(29)31/h2-7,16,30H,1,8-15,17-18H2/t25-/m0/s1. The number of fused-ring (bicyclic) bond motifs is 1. The zero-order valence-electron chi connectivity index (χ0n) is 17.9. The number of anilines is 2. The molecule has 164 valence electrons. The van der Waals surface area contributed by atoms with E-state index in [1.807, 2.05) is 17.0 Å². The van der Waals surface area contributed by atoms with Crippen LogP contribution in [-0.2, 0) is 6.42 Å². The number of aromatic hydroxyl groups is 1. The van der Waals surface area contributed by atoms with Crippen molar-refractivity contribution in [2.45, 2.75) is 25.7 Å². The molecular formula is C25H30FN3O2. The Bertz CT molecular complexity index is 964. The molecule has 3 aliphatic heterocycles. The van der Waals surface area contributed by atoms with Crippen LogP contribution in [0.25, 0.3) is 0 Å². The number of rotatable bonds is 5. The molecule has 1 atom stereocenters. The number of phenols is 1. The molecule has 2 saturated heterocycles. The van der Waals surface area contributed by atoms with Crippen LogP contribution in [0.4, 0.5) is 15.8 Å². The summed E-state index contributed by atoms with van der Waals surface area (Å²) in [6.07, 6.45) is 3.77. The second-order valence-corrected chi connectivity index (χ2v) is 9.30. The third-order valence-corrected chi connectivity index (χ3v) is 7.26. The van der Waals surface area contributed by atoms with E-state index in [-0.39, 0.29) is 18.3 Å². The second-order valence-electron chi connectivity index (χ2n) is 9.30. The van der Waals surface area contributed by atoms with E-state index in [4.69, 9.17) is 0 Å². The van der Waals surface area contributed by atoms with E-state index in [1.165, 1.54) is 18.5 Å². The maximum Gasteiger partial charge on any atom is 0.258 e. The number of nitrogens with zero attached hydrogens (tertiary/aromatic N) is 3. The van der Waals surface area contributed by atoms with Gasteiger partial charge in [-0.2, -0.15) is 0 Å². The fourth-order valence-electron chi connectivity index (χ4n) is 5.56. The molecule has 31 heavy (non-hydrogen) atoms. The summed E-state index contributed by atoms with van der Waals surface area (Å²) < 4.78 is 12.5. The predicted molar refractivity (Wildman–Crippen MR) is 121 cm³/mol. The molecule has 0 unspecified atom stereocenters. The fraction of sp³-hybridized carbons (Fsp3) is 0.480. The molecule has 1 spiro atoms. The number of amides is 1. The van der Waals surface area contributed by atoms with E-state index >= 15 is 0 Å². The lowest BCUT2D eigenvalue weighted by molar-refractivity contribution is 0.0980. The average molecular weight is 424 g/mol. The number of phenolic OH excluding ortho intramolecular Hbond substituents is 1. The minimum absolute atomic E-state index is 0.00606. The van der Waals surface area contributed by atoms with Gasteiger partial charge in [-0.15, -0.1) is 0 Å². The molecule has 1 amide bonds. The molecule has 2 fully saturated rings. The summed E-state index contributed by atoms with van der Waals surface area (Å²) in [6.45, 7) is 5.54. The first kappa shape index (κ1) is 20.3. The zero-order valence-corrected chi connectivity index (χ0v) is 17.9. The number of carbonyl (C=O) groups excluding carboxylic acids is 1. The maximum absolute atomic E-state index is 13.0. The third kappa shape index (κ3) is 3.89. The molecule has 0 aromatic heterocycles. The van der Waals surface area contributed by atoms with E-state index in [1.54, 1.807) is 18.2 Å². The van der Waals surface area contributed by atoms with Gasteiger partial charge in [-0.1, -0.05) is 0 Å². The summed E-state index contributed by atoms with van der Waals surface area (Å²) >= 11 is 0. The van der Waals surface area contributed by atoms with Crippen LogP contribution in [0.3, 0.4) is 0 Å². The highest BCUT2D eigenvalue weighted by Gasteiger charge is 2.43. The number of carbonyl (C=O) groups is 1. The lowest BCUT2D eigenvalue weighted by Crippen LogP contribution is -2.37. The lowest BCUT2D eigenvalue weighted by atomic mass is 9.86. The van der Waals surface area contributed by atoms with Crippen molar-refractivity contribution in [1.82, 2.24) is 4.90 Å². The average Bonchev–Trinajstić information content (AvgIpc) is 3.39. The van der Waals surface area contributed by atoms with Gasteiger partial charge in [0.25, 0.3) is 5.91 Å². The van der Waals surface area contributed by atoms with Crippen LogP contribution >= 0.6 is 0 Å². The normalized spacial score (nSPS) is 23.7. The van der Waals surface area contributed by atoms with Crippen LogP contribution in [0, 0.1) is 5.41 Å². The number of benzene rings is 2. The van der Waals surface area contributed by atoms with Gasteiger partial charge < -0.3 is 19.8 Å². The van der Waals surface area contributed by atoms with E-state index in [0.717, 1.165) is 50.4 Å². The first-order valence-electron chi connectivity index (χ1n) is 11.3. The summed E-state index contributed by atoms with van der Waals surface area (Å²) in [5.74, 6) is 0.203. The van der Waals surface area contributed by atoms with Crippen LogP contribution in [-0.4, -0.2) is 61.9 Å². The van der Waals surface area contributed by atoms with Gasteiger partial charge in [0.2, 0.25) is 0 Å². The Hall–Kier alpha value is -2.60. The van der Waals surface area contributed by atoms with E-state index < -0.39 is 0 Å². The molecule has 6 heteroatoms. The van der Waals surface area contributed by atoms with Gasteiger partial charge in [0.1, 0.15) is 5.75 Å². The Kier molecular flexibility index (Phi) is 5.34. The van der Waals surface area contributed by atoms with Gasteiger partial charge in [0.05, 0.1) is 6.67 Å². The fourth-order valence-corrected chi connectivity index (χ4v) is 5.56. The smallest absolute Gasteiger partial charge is 0.258 e. The molecule has 0 bridgehead atoms. The number of hydrogen-bond donors (Lipinski definition) is 1. The number of alkyl halides is 1. The molecule has 3 aliphatic rings. The van der Waals surface area contributed by atoms with E-state index in [2.05, 4.69) is 21.9 Å². The van der Waals surface area contributed by atoms with Crippen molar-refractivity contribution in [3.05, 3.63) is 53.6 Å². The lowest BCUT2D eigenvalue weighted by Gasteiger charge is -2.29. The minimum atomic E-state index is -0.227. The molecular weight excluding hydrogens is 393 g/mol. The number of likely N-dealkylation sites (tertiary alicyclic amines) is 1. The molecule has 0 radical (unpaired) electrons. The largest absolute Gasteiger partial charge is 0.508 e. The molecule has 3 heterocycles. The van der Waals surface area contributed by atoms with Gasteiger partial charge in [0, 0.05) is 55.1 Å². The van der Waals surface area contributed by atoms with Crippen molar-refractivity contribution in [2.75, 3.05) is 55.7 Å². The van der Waals surface area contributed by atoms with E-state index in [0.29, 0.717) is 23.9 Å². The summed E-state index contributed by atoms with van der Waals surface area (Å²) in [6, 6.07) is 13.3. The first-order valence-corrected chi connectivity index (χ1v) is 11.3. The number of hydrogen-bond acceptors (Lipinski definition) is 4. The Morgan fingerprint density at radius 3 is 2.55 bits per heavy atom. The van der Waals surface area contributed by atoms with Gasteiger partial charge >= 0.3 is 0 Å². The molecule has 1 N–H and O–H groups in total. The molecule has 2 aromatic carbocycles. The van der Waals surface area contributed by atoms with Crippen molar-refractivity contribution in [3.63, 3.8) is 0 Å². The minimum Gasteiger partial charge on any atom is -0.508 e. The Balaban J connectivity index is 1.25. The van der Waals surface area contributed by atoms with Crippen LogP contribution in [0.1, 0.15) is 35.2 Å². The highest BCUT2D eigenvalue weighted by atomic mass is 19.1. The first-order chi connectivity index (χ1) is 15.1. The van der Waals surface area contributed by atoms with Crippen molar-refractivity contribution < 1.29 is 14.3 Å². The molecule has 0 saturated carbocycles. The van der Waals surface area contributed by atoms with Gasteiger partial charge in [0.15, 0.2) is 0 Å². The Morgan fingerprint density at radius 1 is 0.968 bits per heavy atom. The zero-order chi connectivity index (χ0) is 21.4. The third-order valence-electron chi connectivity index (χ3n) is 7.26. The van der Waals surface area contributed by atoms with Crippen molar-refractivity contribution in [3.8, 4) is 5.75 Å². The van der Waals surface area contributed by atoms with Crippen molar-refractivity contribution in [2.24, 2.45) is 5.41 Å². The van der Waals surface area contributed by atoms with Gasteiger partial charge in [-0.05, 0) is 80.3 Å². The molecule has 2 aromatic rings. The van der Waals surface area contributed by atoms with Crippen molar-refractivity contribution >= 4 is 17.3 Å². The van der Waals surface area contributed by atoms with Gasteiger partial charge in [-0.3, -0.25) is 9.18 Å². The summed E-state index contributed by atoms with van der Waals surface area (Å²) in [7, 11) is 0. The summed E-state index contributed by atoms with van der Waals surface area (Å²) in [5.41, 5.74) is 4.05. The Labute approximate surface area is 183 Å². The van der Waals surface area contributed by atoms with Crippen LogP contribution in [0.5, 0.6) is 5.75 Å². The second kappa shape index (κ2) is 8.15. The summed E-state index contributed by atoms with van der Waals surface area (Å²) in [4.78, 5) is 19.7. The van der Waals surface area contributed by atoms with Gasteiger partial charge in [-0.25, -0.2) is 0 Å². The van der Waals surface area contributed by atoms with Crippen LogP contribution < -0.4 is 9.80 Å². The maximum atomic E-state index is 13.0. The Morgan fingerprint density at radius 2 is 1.74 bits per heavy atom. The monoisotopic (exact) mass is 423 g/mol. The van der Waals surface area contributed by atoms with Crippen LogP contribution in [0.2, 0.25) is 0 Å².